The molecule has 0 unspecified atom stereocenters. The molecule has 2 aromatic carbocycles. The molecule has 1 heterocycles. The number of benzene rings is 2. The van der Waals surface area contributed by atoms with Gasteiger partial charge in [0.1, 0.15) is 11.6 Å². The molecule has 0 aliphatic carbocycles. The first-order chi connectivity index (χ1) is 12.6. The third kappa shape index (κ3) is 4.72. The van der Waals surface area contributed by atoms with Crippen molar-refractivity contribution >= 4 is 17.5 Å². The van der Waals surface area contributed by atoms with Crippen molar-refractivity contribution < 1.29 is 4.74 Å². The highest BCUT2D eigenvalue weighted by atomic mass is 16.5. The van der Waals surface area contributed by atoms with E-state index in [1.165, 1.54) is 11.1 Å². The summed E-state index contributed by atoms with van der Waals surface area (Å²) < 4.78 is 5.47. The number of nitrogens with one attached hydrogen (secondary N) is 2. The number of aromatic nitrogens is 2. The fraction of sp³-hybridized carbons (Fsp3) is 0.238. The van der Waals surface area contributed by atoms with Crippen LogP contribution < -0.4 is 15.4 Å². The second-order valence-corrected chi connectivity index (χ2v) is 6.08. The minimum Gasteiger partial charge on any atom is -0.494 e. The standard InChI is InChI=1S/C21H24N4O/c1-4-26-19-11-9-18(10-12-19)24-20-13-16(3)23-21(25-20)22-14-17-8-6-5-7-15(17)2/h5-13H,4,14H2,1-3H3,(H2,22,23,24,25). The van der Waals surface area contributed by atoms with Crippen LogP contribution in [0, 0.1) is 13.8 Å². The van der Waals surface area contributed by atoms with E-state index in [1.54, 1.807) is 0 Å². The lowest BCUT2D eigenvalue weighted by molar-refractivity contribution is 0.340. The summed E-state index contributed by atoms with van der Waals surface area (Å²) in [6.45, 7) is 7.39. The van der Waals surface area contributed by atoms with Crippen molar-refractivity contribution in [1.29, 1.82) is 0 Å². The van der Waals surface area contributed by atoms with Gasteiger partial charge < -0.3 is 15.4 Å². The van der Waals surface area contributed by atoms with Gasteiger partial charge in [0.25, 0.3) is 0 Å². The minimum atomic E-state index is 0.613. The van der Waals surface area contributed by atoms with E-state index >= 15 is 0 Å². The maximum absolute atomic E-state index is 5.47. The fourth-order valence-corrected chi connectivity index (χ4v) is 2.64. The lowest BCUT2D eigenvalue weighted by Gasteiger charge is -2.11. The Kier molecular flexibility index (Phi) is 5.69. The molecule has 0 aliphatic rings. The van der Waals surface area contributed by atoms with Crippen LogP contribution >= 0.6 is 0 Å². The smallest absolute Gasteiger partial charge is 0.225 e. The van der Waals surface area contributed by atoms with Gasteiger partial charge in [-0.2, -0.15) is 4.98 Å². The van der Waals surface area contributed by atoms with Crippen molar-refractivity contribution in [2.75, 3.05) is 17.2 Å². The molecule has 0 saturated carbocycles. The van der Waals surface area contributed by atoms with Crippen molar-refractivity contribution in [2.24, 2.45) is 0 Å². The SMILES string of the molecule is CCOc1ccc(Nc2cc(C)nc(NCc3ccccc3C)n2)cc1. The number of hydrogen-bond donors (Lipinski definition) is 2. The van der Waals surface area contributed by atoms with E-state index in [0.717, 1.165) is 22.9 Å². The van der Waals surface area contributed by atoms with Crippen molar-refractivity contribution in [3.05, 3.63) is 71.4 Å². The predicted octanol–water partition coefficient (Wildman–Crippen LogP) is 4.85. The molecule has 26 heavy (non-hydrogen) atoms. The Morgan fingerprint density at radius 2 is 1.73 bits per heavy atom. The van der Waals surface area contributed by atoms with E-state index in [-0.39, 0.29) is 0 Å². The Morgan fingerprint density at radius 1 is 0.962 bits per heavy atom. The predicted molar refractivity (Wildman–Crippen MR) is 106 cm³/mol. The molecule has 0 fully saturated rings. The van der Waals surface area contributed by atoms with E-state index in [4.69, 9.17) is 4.74 Å². The Morgan fingerprint density at radius 3 is 2.46 bits per heavy atom. The molecule has 0 spiro atoms. The third-order valence-corrected chi connectivity index (χ3v) is 3.99. The summed E-state index contributed by atoms with van der Waals surface area (Å²) in [5, 5.41) is 6.63. The normalized spacial score (nSPS) is 10.4. The molecule has 5 nitrogen and oxygen atoms in total. The van der Waals surface area contributed by atoms with Gasteiger partial charge in [-0.1, -0.05) is 24.3 Å². The van der Waals surface area contributed by atoms with Crippen LogP contribution in [-0.4, -0.2) is 16.6 Å². The zero-order chi connectivity index (χ0) is 18.4. The van der Waals surface area contributed by atoms with Crippen molar-refractivity contribution in [3.8, 4) is 5.75 Å². The lowest BCUT2D eigenvalue weighted by Crippen LogP contribution is -2.07. The maximum atomic E-state index is 5.47. The van der Waals surface area contributed by atoms with Crippen LogP contribution in [0.15, 0.2) is 54.6 Å². The molecular weight excluding hydrogens is 324 g/mol. The summed E-state index contributed by atoms with van der Waals surface area (Å²) in [4.78, 5) is 9.04. The van der Waals surface area contributed by atoms with E-state index in [9.17, 15) is 0 Å². The Balaban J connectivity index is 1.70. The van der Waals surface area contributed by atoms with Crippen LogP contribution in [0.4, 0.5) is 17.5 Å². The van der Waals surface area contributed by atoms with Gasteiger partial charge in [-0.05, 0) is 56.2 Å². The van der Waals surface area contributed by atoms with E-state index < -0.39 is 0 Å². The number of rotatable bonds is 7. The molecule has 0 radical (unpaired) electrons. The summed E-state index contributed by atoms with van der Waals surface area (Å²) in [7, 11) is 0. The Labute approximate surface area is 154 Å². The molecule has 3 aromatic rings. The number of nitrogens with zero attached hydrogens (tertiary/aromatic N) is 2. The highest BCUT2D eigenvalue weighted by Crippen LogP contribution is 2.20. The van der Waals surface area contributed by atoms with Gasteiger partial charge >= 0.3 is 0 Å². The number of anilines is 3. The average molecular weight is 348 g/mol. The van der Waals surface area contributed by atoms with Crippen LogP contribution in [0.2, 0.25) is 0 Å². The van der Waals surface area contributed by atoms with Gasteiger partial charge in [0.05, 0.1) is 6.61 Å². The summed E-state index contributed by atoms with van der Waals surface area (Å²) >= 11 is 0. The third-order valence-electron chi connectivity index (χ3n) is 3.99. The molecule has 0 aliphatic heterocycles. The first-order valence-electron chi connectivity index (χ1n) is 8.78. The number of ether oxygens (including phenoxy) is 1. The van der Waals surface area contributed by atoms with Crippen LogP contribution in [-0.2, 0) is 6.54 Å². The van der Waals surface area contributed by atoms with Gasteiger partial charge in [-0.3, -0.25) is 0 Å². The van der Waals surface area contributed by atoms with E-state index in [1.807, 2.05) is 56.3 Å². The Bertz CT molecular complexity index is 862. The maximum Gasteiger partial charge on any atom is 0.225 e. The molecule has 5 heteroatoms. The molecule has 0 saturated heterocycles. The van der Waals surface area contributed by atoms with E-state index in [2.05, 4.69) is 39.7 Å². The zero-order valence-corrected chi connectivity index (χ0v) is 15.4. The molecule has 3 rings (SSSR count). The van der Waals surface area contributed by atoms with Gasteiger partial charge in [0.2, 0.25) is 5.95 Å². The average Bonchev–Trinajstić information content (AvgIpc) is 2.62. The van der Waals surface area contributed by atoms with Gasteiger partial charge in [-0.25, -0.2) is 4.98 Å². The molecule has 0 bridgehead atoms. The molecular formula is C21H24N4O. The van der Waals surface area contributed by atoms with Crippen molar-refractivity contribution in [3.63, 3.8) is 0 Å². The van der Waals surface area contributed by atoms with Gasteiger partial charge in [-0.15, -0.1) is 0 Å². The Hall–Kier alpha value is -3.08. The molecule has 0 amide bonds. The highest BCUT2D eigenvalue weighted by molar-refractivity contribution is 5.58. The topological polar surface area (TPSA) is 59.1 Å². The summed E-state index contributed by atoms with van der Waals surface area (Å²) in [6.07, 6.45) is 0. The quantitative estimate of drug-likeness (QED) is 0.639. The van der Waals surface area contributed by atoms with Crippen LogP contribution in [0.25, 0.3) is 0 Å². The second kappa shape index (κ2) is 8.34. The zero-order valence-electron chi connectivity index (χ0n) is 15.4. The molecule has 1 aromatic heterocycles. The fourth-order valence-electron chi connectivity index (χ4n) is 2.64. The van der Waals surface area contributed by atoms with Crippen LogP contribution in [0.3, 0.4) is 0 Å². The largest absolute Gasteiger partial charge is 0.494 e. The summed E-state index contributed by atoms with van der Waals surface area (Å²) in [5.41, 5.74) is 4.34. The molecule has 2 N–H and O–H groups in total. The van der Waals surface area contributed by atoms with Crippen LogP contribution in [0.1, 0.15) is 23.7 Å². The van der Waals surface area contributed by atoms with Gasteiger partial charge in [0.15, 0.2) is 0 Å². The molecule has 0 atom stereocenters. The van der Waals surface area contributed by atoms with Crippen molar-refractivity contribution in [2.45, 2.75) is 27.3 Å². The minimum absolute atomic E-state index is 0.613. The first-order valence-corrected chi connectivity index (χ1v) is 8.78. The monoisotopic (exact) mass is 348 g/mol. The van der Waals surface area contributed by atoms with Crippen molar-refractivity contribution in [1.82, 2.24) is 9.97 Å². The number of aryl methyl sites for hydroxylation is 2. The van der Waals surface area contributed by atoms with Gasteiger partial charge in [0, 0.05) is 24.0 Å². The number of hydrogen-bond acceptors (Lipinski definition) is 5. The second-order valence-electron chi connectivity index (χ2n) is 6.08. The first kappa shape index (κ1) is 17.7. The molecule has 134 valence electrons. The summed E-state index contributed by atoms with van der Waals surface area (Å²) in [5.74, 6) is 2.23. The van der Waals surface area contributed by atoms with E-state index in [0.29, 0.717) is 19.1 Å². The van der Waals surface area contributed by atoms with Crippen LogP contribution in [0.5, 0.6) is 5.75 Å². The lowest BCUT2D eigenvalue weighted by atomic mass is 10.1. The summed E-state index contributed by atoms with van der Waals surface area (Å²) in [6, 6.07) is 18.1. The highest BCUT2D eigenvalue weighted by Gasteiger charge is 2.04.